The van der Waals surface area contributed by atoms with Gasteiger partial charge < -0.3 is 10.3 Å². The molecule has 0 spiro atoms. The van der Waals surface area contributed by atoms with Gasteiger partial charge in [0.15, 0.2) is 0 Å². The van der Waals surface area contributed by atoms with E-state index in [9.17, 15) is 0 Å². The fourth-order valence-corrected chi connectivity index (χ4v) is 4.84. The molecule has 0 unspecified atom stereocenters. The molecular formula is C30H34Cl2N4O. The minimum Gasteiger partial charge on any atom is -0.330 e. The first-order chi connectivity index (χ1) is 17.9. The Hall–Kier alpha value is -2.67. The Morgan fingerprint density at radius 1 is 0.919 bits per heavy atom. The molecule has 5 nitrogen and oxygen atoms in total. The molecule has 4 aromatic rings. The van der Waals surface area contributed by atoms with E-state index >= 15 is 0 Å². The molecule has 1 heterocycles. The van der Waals surface area contributed by atoms with Crippen molar-refractivity contribution in [3.63, 3.8) is 0 Å². The van der Waals surface area contributed by atoms with Gasteiger partial charge in [-0.1, -0.05) is 91.6 Å². The van der Waals surface area contributed by atoms with E-state index in [2.05, 4.69) is 48.9 Å². The summed E-state index contributed by atoms with van der Waals surface area (Å²) in [5.74, 6) is 1.17. The van der Waals surface area contributed by atoms with E-state index in [4.69, 9.17) is 38.8 Å². The van der Waals surface area contributed by atoms with Gasteiger partial charge in [-0.15, -0.1) is 0 Å². The normalized spacial score (nSPS) is 12.4. The molecular weight excluding hydrogens is 503 g/mol. The number of hydroxylamine groups is 2. The number of nitrogens with zero attached hydrogens (tertiary/aromatic N) is 3. The Labute approximate surface area is 229 Å². The molecule has 0 bridgehead atoms. The Balaban J connectivity index is 1.73. The Kier molecular flexibility index (Phi) is 9.78. The lowest BCUT2D eigenvalue weighted by Crippen LogP contribution is -2.35. The first-order valence-corrected chi connectivity index (χ1v) is 13.4. The van der Waals surface area contributed by atoms with Crippen LogP contribution in [0.1, 0.15) is 43.3 Å². The molecule has 2 N–H and O–H groups in total. The lowest BCUT2D eigenvalue weighted by Gasteiger charge is -2.33. The lowest BCUT2D eigenvalue weighted by atomic mass is 10.0. The smallest absolute Gasteiger partial charge is 0.129 e. The number of hydrogen-bond donors (Lipinski definition) is 1. The number of rotatable bonds is 12. The third-order valence-electron chi connectivity index (χ3n) is 6.20. The highest BCUT2D eigenvalue weighted by Gasteiger charge is 2.30. The highest BCUT2D eigenvalue weighted by Crippen LogP contribution is 2.32. The van der Waals surface area contributed by atoms with Crippen LogP contribution in [0.3, 0.4) is 0 Å². The van der Waals surface area contributed by atoms with Crippen molar-refractivity contribution < 1.29 is 4.84 Å². The van der Waals surface area contributed by atoms with Crippen LogP contribution >= 0.6 is 23.2 Å². The van der Waals surface area contributed by atoms with Crippen LogP contribution in [-0.4, -0.2) is 27.7 Å². The summed E-state index contributed by atoms with van der Waals surface area (Å²) in [4.78, 5) is 11.6. The zero-order valence-electron chi connectivity index (χ0n) is 21.4. The van der Waals surface area contributed by atoms with Crippen LogP contribution in [0.15, 0.2) is 85.1 Å². The molecule has 0 saturated carbocycles. The van der Waals surface area contributed by atoms with Crippen LogP contribution in [0.2, 0.25) is 10.0 Å². The molecule has 4 rings (SSSR count). The molecule has 194 valence electrons. The highest BCUT2D eigenvalue weighted by molar-refractivity contribution is 6.31. The van der Waals surface area contributed by atoms with E-state index in [-0.39, 0.29) is 12.0 Å². The number of halogens is 2. The maximum absolute atomic E-state index is 6.45. The van der Waals surface area contributed by atoms with Crippen LogP contribution in [0.4, 0.5) is 0 Å². The lowest BCUT2D eigenvalue weighted by molar-refractivity contribution is -0.209. The molecule has 3 aromatic carbocycles. The second kappa shape index (κ2) is 13.2. The largest absolute Gasteiger partial charge is 0.330 e. The van der Waals surface area contributed by atoms with Gasteiger partial charge in [0.05, 0.1) is 18.3 Å². The fraction of sp³-hybridized carbons (Fsp3) is 0.300. The highest BCUT2D eigenvalue weighted by atomic mass is 35.5. The second-order valence-corrected chi connectivity index (χ2v) is 10.4. The average molecular weight is 538 g/mol. The molecule has 7 heteroatoms. The van der Waals surface area contributed by atoms with Crippen molar-refractivity contribution in [1.29, 1.82) is 0 Å². The first kappa shape index (κ1) is 27.4. The molecule has 0 amide bonds. The van der Waals surface area contributed by atoms with Gasteiger partial charge in [0.25, 0.3) is 0 Å². The zero-order valence-corrected chi connectivity index (χ0v) is 22.9. The van der Waals surface area contributed by atoms with Crippen molar-refractivity contribution >= 4 is 23.2 Å². The van der Waals surface area contributed by atoms with Crippen molar-refractivity contribution in [3.05, 3.63) is 112 Å². The summed E-state index contributed by atoms with van der Waals surface area (Å²) in [7, 11) is 0. The van der Waals surface area contributed by atoms with Gasteiger partial charge in [-0.2, -0.15) is 5.06 Å². The van der Waals surface area contributed by atoms with Gasteiger partial charge >= 0.3 is 0 Å². The number of hydrogen-bond acceptors (Lipinski definition) is 4. The fourth-order valence-electron chi connectivity index (χ4n) is 4.43. The third kappa shape index (κ3) is 7.44. The van der Waals surface area contributed by atoms with Gasteiger partial charge in [0.1, 0.15) is 5.82 Å². The Morgan fingerprint density at radius 2 is 1.62 bits per heavy atom. The van der Waals surface area contributed by atoms with Crippen molar-refractivity contribution in [2.24, 2.45) is 11.7 Å². The van der Waals surface area contributed by atoms with E-state index in [0.717, 1.165) is 29.1 Å². The minimum absolute atomic E-state index is 0.0950. The topological polar surface area (TPSA) is 56.3 Å². The summed E-state index contributed by atoms with van der Waals surface area (Å²) < 4.78 is 2.23. The molecule has 0 aliphatic heterocycles. The van der Waals surface area contributed by atoms with Crippen LogP contribution in [0.25, 0.3) is 11.3 Å². The molecule has 0 radical (unpaired) electrons. The van der Waals surface area contributed by atoms with Gasteiger partial charge in [0.2, 0.25) is 0 Å². The van der Waals surface area contributed by atoms with E-state index in [1.54, 1.807) is 0 Å². The zero-order chi connectivity index (χ0) is 26.2. The van der Waals surface area contributed by atoms with Crippen molar-refractivity contribution in [3.8, 4) is 11.3 Å². The number of aromatic nitrogens is 2. The van der Waals surface area contributed by atoms with E-state index in [0.29, 0.717) is 36.3 Å². The van der Waals surface area contributed by atoms with E-state index < -0.39 is 0 Å². The number of nitrogens with two attached hydrogens (primary N) is 1. The van der Waals surface area contributed by atoms with Gasteiger partial charge in [0, 0.05) is 34.9 Å². The van der Waals surface area contributed by atoms with Crippen LogP contribution in [0.5, 0.6) is 0 Å². The van der Waals surface area contributed by atoms with Gasteiger partial charge in [-0.05, 0) is 54.3 Å². The van der Waals surface area contributed by atoms with Gasteiger partial charge in [-0.3, -0.25) is 4.84 Å². The monoisotopic (exact) mass is 536 g/mol. The van der Waals surface area contributed by atoms with Crippen LogP contribution in [-0.2, 0) is 18.0 Å². The summed E-state index contributed by atoms with van der Waals surface area (Å²) in [6.45, 7) is 6.77. The maximum atomic E-state index is 6.45. The van der Waals surface area contributed by atoms with E-state index in [1.807, 2.05) is 59.7 Å². The molecule has 1 atom stereocenters. The first-order valence-electron chi connectivity index (χ1n) is 12.7. The predicted molar refractivity (Wildman–Crippen MR) is 152 cm³/mol. The Morgan fingerprint density at radius 3 is 2.30 bits per heavy atom. The number of benzene rings is 3. The summed E-state index contributed by atoms with van der Waals surface area (Å²) in [6, 6.07) is 25.9. The standard InChI is InChI=1S/C30H34Cl2N4O/c1-22(2)29(36(16-8-15-33)37-21-24-11-6-13-26(31)17-24)30-34-28(25-12-7-14-27(32)18-25)20-35(30)19-23-9-4-3-5-10-23/h3-7,9-14,17-18,20,22,29H,8,15-16,19,21,33H2,1-2H3/t29-/m1/s1. The van der Waals surface area contributed by atoms with Crippen molar-refractivity contribution in [1.82, 2.24) is 14.6 Å². The SMILES string of the molecule is CC(C)[C@H](c1nc(-c2cccc(Cl)c2)cn1Cc1ccccc1)N(CCCN)OCc1cccc(Cl)c1. The Bertz CT molecular complexity index is 1280. The summed E-state index contributed by atoms with van der Waals surface area (Å²) in [6.07, 6.45) is 2.92. The molecule has 0 saturated heterocycles. The van der Waals surface area contributed by atoms with Crippen LogP contribution in [0, 0.1) is 5.92 Å². The summed E-state index contributed by atoms with van der Waals surface area (Å²) >= 11 is 12.5. The minimum atomic E-state index is -0.0950. The predicted octanol–water partition coefficient (Wildman–Crippen LogP) is 7.38. The third-order valence-corrected chi connectivity index (χ3v) is 6.67. The van der Waals surface area contributed by atoms with Crippen molar-refractivity contribution in [2.75, 3.05) is 13.1 Å². The van der Waals surface area contributed by atoms with Crippen LogP contribution < -0.4 is 5.73 Å². The molecule has 0 aliphatic rings. The summed E-state index contributed by atoms with van der Waals surface area (Å²) in [5.41, 5.74) is 9.99. The van der Waals surface area contributed by atoms with Gasteiger partial charge in [-0.25, -0.2) is 4.98 Å². The molecule has 37 heavy (non-hydrogen) atoms. The average Bonchev–Trinajstić information content (AvgIpc) is 3.29. The molecule has 0 fully saturated rings. The van der Waals surface area contributed by atoms with Crippen molar-refractivity contribution in [2.45, 2.75) is 39.5 Å². The quantitative estimate of drug-likeness (QED) is 0.192. The second-order valence-electron chi connectivity index (χ2n) is 9.48. The van der Waals surface area contributed by atoms with E-state index in [1.165, 1.54) is 5.56 Å². The molecule has 1 aromatic heterocycles. The summed E-state index contributed by atoms with van der Waals surface area (Å²) in [5, 5.41) is 3.43. The number of imidazole rings is 1. The maximum Gasteiger partial charge on any atom is 0.129 e. The molecule has 0 aliphatic carbocycles.